The number of nitrogens with one attached hydrogen (secondary N) is 2. The van der Waals surface area contributed by atoms with Crippen LogP contribution >= 0.6 is 22.6 Å². The number of urea groups is 1. The van der Waals surface area contributed by atoms with Crippen molar-refractivity contribution in [3.63, 3.8) is 0 Å². The van der Waals surface area contributed by atoms with Crippen molar-refractivity contribution in [1.82, 2.24) is 15.6 Å². The van der Waals surface area contributed by atoms with E-state index in [2.05, 4.69) is 42.9 Å². The smallest absolute Gasteiger partial charge is 0.461 e. The molecule has 1 heterocycles. The van der Waals surface area contributed by atoms with Gasteiger partial charge in [-0.1, -0.05) is 71.1 Å². The number of halogens is 5. The largest absolute Gasteiger partial charge is 0.481 e. The number of aliphatic carboxylic acids is 1. The van der Waals surface area contributed by atoms with Crippen molar-refractivity contribution in [2.45, 2.75) is 54.2 Å². The van der Waals surface area contributed by atoms with E-state index in [0.717, 1.165) is 30.0 Å². The second kappa shape index (κ2) is 12.7. The minimum atomic E-state index is -4.74. The van der Waals surface area contributed by atoms with Crippen LogP contribution in [-0.2, 0) is 21.2 Å². The number of benzene rings is 2. The zero-order valence-electron chi connectivity index (χ0n) is 22.9. The molecule has 7 nitrogen and oxygen atoms in total. The van der Waals surface area contributed by atoms with Crippen molar-refractivity contribution in [2.24, 2.45) is 17.8 Å². The molecule has 5 rings (SSSR count). The Bertz CT molecular complexity index is 1450. The molecule has 0 aliphatic heterocycles. The molecule has 2 aliphatic rings. The number of nitrogens with zero attached hydrogens (tertiary/aromatic N) is 1. The van der Waals surface area contributed by atoms with Gasteiger partial charge in [0.15, 0.2) is 0 Å². The lowest BCUT2D eigenvalue weighted by molar-refractivity contribution is -0.253. The average molecular weight is 711 g/mol. The summed E-state index contributed by atoms with van der Waals surface area (Å²) in [7, 11) is 0. The standard InChI is InChI=1S/C31H30F4IN3O4/c32-28(33)31(34,35)43-23-8-4-7-22(14-23)30(15-18-5-2-1-3-6-18,24-12-9-19(16-36)17-37-24)39-29(42)38-26-21-11-10-20(13-21)25(26)27(40)41/h1-9,12,14,17,20-21,25-26,28H,10-11,13,15-16H2,(H,40,41)(H2,38,39,42)/t20-,21+,25-,26+,30+/m1/s1. The molecular weight excluding hydrogens is 681 g/mol. The Hall–Kier alpha value is -3.42. The molecule has 0 radical (unpaired) electrons. The molecule has 3 N–H and O–H groups in total. The van der Waals surface area contributed by atoms with Gasteiger partial charge in [0.05, 0.1) is 11.6 Å². The van der Waals surface area contributed by atoms with Crippen molar-refractivity contribution in [2.75, 3.05) is 0 Å². The van der Waals surface area contributed by atoms with Gasteiger partial charge in [-0.2, -0.15) is 17.6 Å². The minimum Gasteiger partial charge on any atom is -0.481 e. The molecule has 2 saturated carbocycles. The Balaban J connectivity index is 1.59. The number of pyridine rings is 1. The van der Waals surface area contributed by atoms with Crippen LogP contribution < -0.4 is 15.4 Å². The van der Waals surface area contributed by atoms with Gasteiger partial charge in [0, 0.05) is 23.1 Å². The van der Waals surface area contributed by atoms with Crippen LogP contribution in [0.1, 0.15) is 41.6 Å². The Labute approximate surface area is 259 Å². The number of alkyl halides is 5. The quantitative estimate of drug-likeness (QED) is 0.119. The summed E-state index contributed by atoms with van der Waals surface area (Å²) in [6, 6.07) is 16.7. The Morgan fingerprint density at radius 3 is 2.42 bits per heavy atom. The number of rotatable bonds is 11. The normalized spacial score (nSPS) is 22.7. The van der Waals surface area contributed by atoms with Gasteiger partial charge in [-0.15, -0.1) is 0 Å². The third kappa shape index (κ3) is 6.58. The summed E-state index contributed by atoms with van der Waals surface area (Å²) in [4.78, 5) is 30.6. The van der Waals surface area contributed by atoms with E-state index in [1.165, 1.54) is 12.1 Å². The van der Waals surface area contributed by atoms with Crippen molar-refractivity contribution >= 4 is 34.6 Å². The Kier molecular flexibility index (Phi) is 9.14. The van der Waals surface area contributed by atoms with Crippen LogP contribution in [0.5, 0.6) is 5.75 Å². The van der Waals surface area contributed by atoms with Gasteiger partial charge in [0.1, 0.15) is 11.3 Å². The van der Waals surface area contributed by atoms with E-state index in [1.807, 2.05) is 36.4 Å². The first kappa shape index (κ1) is 31.0. The average Bonchev–Trinajstić information content (AvgIpc) is 3.59. The van der Waals surface area contributed by atoms with Gasteiger partial charge in [0.2, 0.25) is 0 Å². The molecular formula is C31H30F4IN3O4. The van der Waals surface area contributed by atoms with E-state index in [-0.39, 0.29) is 23.8 Å². The van der Waals surface area contributed by atoms with E-state index in [9.17, 15) is 32.3 Å². The predicted molar refractivity (Wildman–Crippen MR) is 158 cm³/mol. The molecule has 2 bridgehead atoms. The molecule has 2 aliphatic carbocycles. The van der Waals surface area contributed by atoms with E-state index in [0.29, 0.717) is 16.5 Å². The number of hydrogen-bond acceptors (Lipinski definition) is 4. The van der Waals surface area contributed by atoms with Crippen LogP contribution in [0.25, 0.3) is 0 Å². The fraction of sp³-hybridized carbons (Fsp3) is 0.387. The third-order valence-electron chi connectivity index (χ3n) is 8.39. The SMILES string of the molecule is O=C(N[C@H]1[C@H]2CC[C@H](C2)[C@H]1C(=O)O)N[C@@](Cc1ccccc1)(c1cccc(OC(F)(F)C(F)F)c1)c1ccc(CI)cn1. The number of carbonyl (C=O) groups is 2. The van der Waals surface area contributed by atoms with Crippen molar-refractivity contribution in [3.05, 3.63) is 95.3 Å². The minimum absolute atomic E-state index is 0.0188. The lowest BCUT2D eigenvalue weighted by atomic mass is 9.80. The molecule has 228 valence electrons. The summed E-state index contributed by atoms with van der Waals surface area (Å²) in [6.45, 7) is 0. The highest BCUT2D eigenvalue weighted by molar-refractivity contribution is 14.1. The zero-order valence-corrected chi connectivity index (χ0v) is 25.0. The maximum absolute atomic E-state index is 13.9. The summed E-state index contributed by atoms with van der Waals surface area (Å²) in [6.07, 6.45) is -4.73. The van der Waals surface area contributed by atoms with Crippen LogP contribution in [0.3, 0.4) is 0 Å². The van der Waals surface area contributed by atoms with E-state index >= 15 is 0 Å². The molecule has 2 fully saturated rings. The molecule has 1 aromatic heterocycles. The maximum Gasteiger partial charge on any atom is 0.461 e. The highest BCUT2D eigenvalue weighted by Gasteiger charge is 2.52. The van der Waals surface area contributed by atoms with Crippen LogP contribution in [0, 0.1) is 17.8 Å². The van der Waals surface area contributed by atoms with Crippen LogP contribution in [0.15, 0.2) is 72.9 Å². The van der Waals surface area contributed by atoms with Gasteiger partial charge in [-0.05, 0) is 66.0 Å². The molecule has 0 saturated heterocycles. The third-order valence-corrected chi connectivity index (χ3v) is 9.27. The van der Waals surface area contributed by atoms with Gasteiger partial charge in [-0.3, -0.25) is 9.78 Å². The first-order chi connectivity index (χ1) is 20.5. The maximum atomic E-state index is 13.9. The fourth-order valence-corrected chi connectivity index (χ4v) is 6.89. The molecule has 0 spiro atoms. The van der Waals surface area contributed by atoms with Gasteiger partial charge in [0.25, 0.3) is 0 Å². The lowest BCUT2D eigenvalue weighted by Crippen LogP contribution is -2.57. The summed E-state index contributed by atoms with van der Waals surface area (Å²) < 4.78 is 58.9. The molecule has 43 heavy (non-hydrogen) atoms. The van der Waals surface area contributed by atoms with Crippen LogP contribution in [0.4, 0.5) is 22.4 Å². The number of carboxylic acids is 1. The highest BCUT2D eigenvalue weighted by atomic mass is 127. The summed E-state index contributed by atoms with van der Waals surface area (Å²) in [5, 5.41) is 15.8. The zero-order chi connectivity index (χ0) is 30.8. The highest BCUT2D eigenvalue weighted by Crippen LogP contribution is 2.48. The second-order valence-electron chi connectivity index (χ2n) is 11.1. The number of amides is 2. The van der Waals surface area contributed by atoms with Crippen molar-refractivity contribution < 1.29 is 37.0 Å². The van der Waals surface area contributed by atoms with Gasteiger partial charge < -0.3 is 20.5 Å². The van der Waals surface area contributed by atoms with E-state index < -0.39 is 47.8 Å². The van der Waals surface area contributed by atoms with Gasteiger partial charge in [-0.25, -0.2) is 4.79 Å². The van der Waals surface area contributed by atoms with Crippen molar-refractivity contribution in [3.8, 4) is 5.75 Å². The Morgan fingerprint density at radius 2 is 1.77 bits per heavy atom. The van der Waals surface area contributed by atoms with Crippen molar-refractivity contribution in [1.29, 1.82) is 0 Å². The first-order valence-electron chi connectivity index (χ1n) is 13.8. The topological polar surface area (TPSA) is 101 Å². The predicted octanol–water partition coefficient (Wildman–Crippen LogP) is 6.54. The number of carbonyl (C=O) groups excluding carboxylic acids is 1. The lowest BCUT2D eigenvalue weighted by Gasteiger charge is -2.37. The molecule has 3 aromatic rings. The number of carboxylic acid groups (broad SMARTS) is 1. The Morgan fingerprint density at radius 1 is 1.02 bits per heavy atom. The number of fused-ring (bicyclic) bond motifs is 2. The number of ether oxygens (including phenoxy) is 1. The molecule has 0 unspecified atom stereocenters. The van der Waals surface area contributed by atoms with Crippen LogP contribution in [-0.4, -0.2) is 40.7 Å². The van der Waals surface area contributed by atoms with E-state index in [1.54, 1.807) is 18.3 Å². The monoisotopic (exact) mass is 711 g/mol. The van der Waals surface area contributed by atoms with Crippen LogP contribution in [0.2, 0.25) is 0 Å². The summed E-state index contributed by atoms with van der Waals surface area (Å²) in [5.41, 5.74) is 0.787. The van der Waals surface area contributed by atoms with E-state index in [4.69, 9.17) is 0 Å². The van der Waals surface area contributed by atoms with Gasteiger partial charge >= 0.3 is 24.5 Å². The first-order valence-corrected chi connectivity index (χ1v) is 15.4. The summed E-state index contributed by atoms with van der Waals surface area (Å²) >= 11 is 2.18. The fourth-order valence-electron chi connectivity index (χ4n) is 6.44. The summed E-state index contributed by atoms with van der Waals surface area (Å²) in [5.74, 6) is -2.20. The second-order valence-corrected chi connectivity index (χ2v) is 11.8. The number of hydrogen-bond donors (Lipinski definition) is 3. The molecule has 2 aromatic carbocycles. The molecule has 5 atom stereocenters. The molecule has 12 heteroatoms. The number of aromatic nitrogens is 1. The molecule has 2 amide bonds.